The molecule has 5 nitrogen and oxygen atoms in total. The van der Waals surface area contributed by atoms with Gasteiger partial charge >= 0.3 is 0 Å². The minimum Gasteiger partial charge on any atom is -0.507 e. The Kier molecular flexibility index (Phi) is 7.83. The van der Waals surface area contributed by atoms with Crippen LogP contribution in [0.2, 0.25) is 0 Å². The maximum absolute atomic E-state index is 9.88. The lowest BCUT2D eigenvalue weighted by molar-refractivity contribution is 0.0871. The number of methoxy groups -OCH3 is 1. The molecule has 0 fully saturated rings. The van der Waals surface area contributed by atoms with Gasteiger partial charge in [0.1, 0.15) is 11.5 Å². The van der Waals surface area contributed by atoms with Gasteiger partial charge in [-0.05, 0) is 37.1 Å². The normalized spacial score (nSPS) is 14.1. The number of phenols is 2. The summed E-state index contributed by atoms with van der Waals surface area (Å²) in [5, 5.41) is 19.7. The number of aromatic hydroxyl groups is 2. The maximum Gasteiger partial charge on any atom is 0.124 e. The van der Waals surface area contributed by atoms with Gasteiger partial charge in [0, 0.05) is 30.7 Å². The molecule has 0 saturated heterocycles. The van der Waals surface area contributed by atoms with Crippen LogP contribution in [0.15, 0.2) is 58.5 Å². The van der Waals surface area contributed by atoms with Crippen LogP contribution in [0, 0.1) is 0 Å². The molecule has 2 rings (SSSR count). The maximum atomic E-state index is 9.88. The molecule has 2 unspecified atom stereocenters. The number of hydrogen-bond acceptors (Lipinski definition) is 5. The van der Waals surface area contributed by atoms with Crippen LogP contribution >= 0.6 is 0 Å². The Morgan fingerprint density at radius 1 is 0.962 bits per heavy atom. The highest BCUT2D eigenvalue weighted by Crippen LogP contribution is 2.16. The summed E-state index contributed by atoms with van der Waals surface area (Å²) in [6.45, 7) is 2.54. The number of ether oxygens (including phenoxy) is 1. The van der Waals surface area contributed by atoms with E-state index in [4.69, 9.17) is 4.74 Å². The van der Waals surface area contributed by atoms with Crippen molar-refractivity contribution >= 4 is 12.4 Å². The average molecular weight is 354 g/mol. The SMILES string of the molecule is CCC(CC(CN=Cc1ccccc1O)N=Cc1ccccc1O)OC. The molecular formula is C21H26N2O3. The summed E-state index contributed by atoms with van der Waals surface area (Å²) in [6.07, 6.45) is 5.06. The summed E-state index contributed by atoms with van der Waals surface area (Å²) in [6, 6.07) is 14.1. The van der Waals surface area contributed by atoms with E-state index in [-0.39, 0.29) is 23.6 Å². The molecule has 0 radical (unpaired) electrons. The van der Waals surface area contributed by atoms with E-state index in [2.05, 4.69) is 16.9 Å². The molecule has 2 aromatic carbocycles. The molecule has 0 bridgehead atoms. The van der Waals surface area contributed by atoms with Crippen molar-refractivity contribution < 1.29 is 14.9 Å². The standard InChI is InChI=1S/C21H26N2O3/c1-3-19(26-2)12-18(23-14-17-9-5-7-11-21(17)25)15-22-13-16-8-4-6-10-20(16)24/h4-11,13-14,18-19,24-25H,3,12,15H2,1-2H3. The van der Waals surface area contributed by atoms with Crippen LogP contribution in [0.4, 0.5) is 0 Å². The number of nitrogens with zero attached hydrogens (tertiary/aromatic N) is 2. The molecule has 0 aromatic heterocycles. The van der Waals surface area contributed by atoms with Gasteiger partial charge in [-0.2, -0.15) is 0 Å². The fraction of sp³-hybridized carbons (Fsp3) is 0.333. The van der Waals surface area contributed by atoms with E-state index in [1.165, 1.54) is 0 Å². The van der Waals surface area contributed by atoms with Crippen molar-refractivity contribution in [1.29, 1.82) is 0 Å². The molecule has 0 aliphatic heterocycles. The number of para-hydroxylation sites is 2. The first-order valence-corrected chi connectivity index (χ1v) is 8.75. The number of phenolic OH excluding ortho intramolecular Hbond substituents is 2. The first-order valence-electron chi connectivity index (χ1n) is 8.75. The van der Waals surface area contributed by atoms with Gasteiger partial charge in [0.25, 0.3) is 0 Å². The Balaban J connectivity index is 2.10. The van der Waals surface area contributed by atoms with Crippen molar-refractivity contribution in [2.45, 2.75) is 31.9 Å². The monoisotopic (exact) mass is 354 g/mol. The molecule has 0 saturated carbocycles. The fourth-order valence-corrected chi connectivity index (χ4v) is 2.57. The van der Waals surface area contributed by atoms with Gasteiger partial charge in [-0.15, -0.1) is 0 Å². The zero-order valence-electron chi connectivity index (χ0n) is 15.2. The van der Waals surface area contributed by atoms with Crippen LogP contribution in [0.25, 0.3) is 0 Å². The third-order valence-electron chi connectivity index (χ3n) is 4.17. The predicted molar refractivity (Wildman–Crippen MR) is 106 cm³/mol. The van der Waals surface area contributed by atoms with Crippen molar-refractivity contribution in [3.63, 3.8) is 0 Å². The Morgan fingerprint density at radius 3 is 2.08 bits per heavy atom. The van der Waals surface area contributed by atoms with Gasteiger partial charge in [0.2, 0.25) is 0 Å². The molecule has 0 aliphatic carbocycles. The first-order chi connectivity index (χ1) is 12.6. The Morgan fingerprint density at radius 2 is 1.54 bits per heavy atom. The summed E-state index contributed by atoms with van der Waals surface area (Å²) in [7, 11) is 1.70. The second-order valence-electron chi connectivity index (χ2n) is 6.05. The van der Waals surface area contributed by atoms with Crippen molar-refractivity contribution in [1.82, 2.24) is 0 Å². The zero-order valence-corrected chi connectivity index (χ0v) is 15.2. The van der Waals surface area contributed by atoms with Gasteiger partial charge in [-0.1, -0.05) is 31.2 Å². The highest BCUT2D eigenvalue weighted by atomic mass is 16.5. The predicted octanol–water partition coefficient (Wildman–Crippen LogP) is 3.82. The van der Waals surface area contributed by atoms with E-state index in [9.17, 15) is 10.2 Å². The zero-order chi connectivity index (χ0) is 18.8. The van der Waals surface area contributed by atoms with Gasteiger partial charge in [-0.25, -0.2) is 0 Å². The van der Waals surface area contributed by atoms with E-state index in [1.54, 1.807) is 43.8 Å². The van der Waals surface area contributed by atoms with Crippen LogP contribution in [0.3, 0.4) is 0 Å². The number of hydrogen-bond donors (Lipinski definition) is 2. The summed E-state index contributed by atoms with van der Waals surface area (Å²) in [5.74, 6) is 0.403. The van der Waals surface area contributed by atoms with Gasteiger partial charge < -0.3 is 14.9 Å². The molecule has 2 atom stereocenters. The smallest absolute Gasteiger partial charge is 0.124 e. The summed E-state index contributed by atoms with van der Waals surface area (Å²) >= 11 is 0. The van der Waals surface area contributed by atoms with Crippen LogP contribution < -0.4 is 0 Å². The molecule has 2 aromatic rings. The Hall–Kier alpha value is -2.66. The molecule has 5 heteroatoms. The molecule has 0 aliphatic rings. The van der Waals surface area contributed by atoms with Crippen LogP contribution in [0.5, 0.6) is 11.5 Å². The van der Waals surface area contributed by atoms with Crippen molar-refractivity contribution in [3.05, 3.63) is 59.7 Å². The summed E-state index contributed by atoms with van der Waals surface area (Å²) in [5.41, 5.74) is 1.35. The van der Waals surface area contributed by atoms with Crippen LogP contribution in [-0.2, 0) is 4.74 Å². The van der Waals surface area contributed by atoms with Gasteiger partial charge in [0.05, 0.1) is 18.7 Å². The third-order valence-corrected chi connectivity index (χ3v) is 4.17. The third kappa shape index (κ3) is 6.01. The van der Waals surface area contributed by atoms with E-state index < -0.39 is 0 Å². The van der Waals surface area contributed by atoms with Gasteiger partial charge in [-0.3, -0.25) is 9.98 Å². The second-order valence-corrected chi connectivity index (χ2v) is 6.05. The van der Waals surface area contributed by atoms with E-state index in [0.717, 1.165) is 12.8 Å². The lowest BCUT2D eigenvalue weighted by atomic mass is 10.1. The number of aliphatic imine (C=N–C) groups is 2. The van der Waals surface area contributed by atoms with E-state index >= 15 is 0 Å². The Labute approximate surface area is 154 Å². The minimum atomic E-state index is -0.0818. The highest BCUT2D eigenvalue weighted by molar-refractivity contribution is 5.84. The molecule has 0 heterocycles. The molecule has 26 heavy (non-hydrogen) atoms. The second kappa shape index (κ2) is 10.4. The van der Waals surface area contributed by atoms with Crippen LogP contribution in [0.1, 0.15) is 30.9 Å². The highest BCUT2D eigenvalue weighted by Gasteiger charge is 2.13. The molecule has 0 spiro atoms. The quantitative estimate of drug-likeness (QED) is 0.672. The molecule has 2 N–H and O–H groups in total. The summed E-state index contributed by atoms with van der Waals surface area (Å²) < 4.78 is 5.47. The Bertz CT molecular complexity index is 740. The summed E-state index contributed by atoms with van der Waals surface area (Å²) in [4.78, 5) is 9.05. The fourth-order valence-electron chi connectivity index (χ4n) is 2.57. The number of rotatable bonds is 9. The van der Waals surface area contributed by atoms with Gasteiger partial charge in [0.15, 0.2) is 0 Å². The van der Waals surface area contributed by atoms with Crippen molar-refractivity contribution in [2.75, 3.05) is 13.7 Å². The minimum absolute atomic E-state index is 0.0818. The van der Waals surface area contributed by atoms with Crippen molar-refractivity contribution in [2.24, 2.45) is 9.98 Å². The lowest BCUT2D eigenvalue weighted by Crippen LogP contribution is -2.20. The van der Waals surface area contributed by atoms with E-state index in [0.29, 0.717) is 17.7 Å². The van der Waals surface area contributed by atoms with Crippen LogP contribution in [-0.4, -0.2) is 48.4 Å². The molecule has 138 valence electrons. The largest absolute Gasteiger partial charge is 0.507 e. The van der Waals surface area contributed by atoms with E-state index in [1.807, 2.05) is 24.3 Å². The lowest BCUT2D eigenvalue weighted by Gasteiger charge is -2.17. The first kappa shape index (κ1) is 19.7. The average Bonchev–Trinajstić information content (AvgIpc) is 2.66. The molecule has 0 amide bonds. The molecular weight excluding hydrogens is 328 g/mol. The topological polar surface area (TPSA) is 74.4 Å². The van der Waals surface area contributed by atoms with Crippen molar-refractivity contribution in [3.8, 4) is 11.5 Å². The number of benzene rings is 2.